The zero-order valence-corrected chi connectivity index (χ0v) is 15.4. The van der Waals surface area contributed by atoms with E-state index >= 15 is 0 Å². The molecule has 0 saturated carbocycles. The number of aryl methyl sites for hydroxylation is 1. The van der Waals surface area contributed by atoms with E-state index in [0.29, 0.717) is 18.7 Å². The van der Waals surface area contributed by atoms with Crippen LogP contribution in [-0.4, -0.2) is 39.5 Å². The highest BCUT2D eigenvalue weighted by Crippen LogP contribution is 2.47. The van der Waals surface area contributed by atoms with Crippen molar-refractivity contribution >= 4 is 15.7 Å². The Labute approximate surface area is 152 Å². The topological polar surface area (TPSA) is 40.6 Å². The molecule has 0 unspecified atom stereocenters. The number of hydrogen-bond donors (Lipinski definition) is 0. The summed E-state index contributed by atoms with van der Waals surface area (Å²) in [5.74, 6) is -2.13. The molecule has 2 heterocycles. The van der Waals surface area contributed by atoms with Crippen molar-refractivity contribution in [1.82, 2.24) is 4.90 Å². The van der Waals surface area contributed by atoms with Crippen LogP contribution >= 0.6 is 0 Å². The van der Waals surface area contributed by atoms with Gasteiger partial charge in [0.25, 0.3) is 10.0 Å². The largest absolute Gasteiger partial charge is 0.306 e. The smallest absolute Gasteiger partial charge is 0.270 e. The molecule has 0 aliphatic carbocycles. The van der Waals surface area contributed by atoms with Gasteiger partial charge in [-0.3, -0.25) is 4.31 Å². The van der Waals surface area contributed by atoms with Gasteiger partial charge >= 0.3 is 0 Å². The summed E-state index contributed by atoms with van der Waals surface area (Å²) in [5.41, 5.74) is 2.50. The van der Waals surface area contributed by atoms with Crippen molar-refractivity contribution < 1.29 is 17.2 Å². The quantitative estimate of drug-likeness (QED) is 0.805. The van der Waals surface area contributed by atoms with E-state index < -0.39 is 26.6 Å². The molecule has 0 N–H and O–H groups in total. The van der Waals surface area contributed by atoms with Gasteiger partial charge in [0.15, 0.2) is 4.90 Å². The first-order valence-corrected chi connectivity index (χ1v) is 10.0. The lowest BCUT2D eigenvalue weighted by atomic mass is 9.89. The highest BCUT2D eigenvalue weighted by atomic mass is 32.2. The lowest BCUT2D eigenvalue weighted by Crippen LogP contribution is -2.47. The minimum absolute atomic E-state index is 0.00624. The Hall–Kier alpha value is -1.99. The predicted molar refractivity (Wildman–Crippen MR) is 95.8 cm³/mol. The number of rotatable bonds is 2. The Morgan fingerprint density at radius 1 is 1.12 bits per heavy atom. The summed E-state index contributed by atoms with van der Waals surface area (Å²) in [6, 6.07) is 8.37. The van der Waals surface area contributed by atoms with Crippen LogP contribution in [0.5, 0.6) is 0 Å². The third kappa shape index (κ3) is 2.53. The Morgan fingerprint density at radius 2 is 1.81 bits per heavy atom. The first-order chi connectivity index (χ1) is 12.3. The summed E-state index contributed by atoms with van der Waals surface area (Å²) < 4.78 is 56.4. The minimum atomic E-state index is -4.35. The van der Waals surface area contributed by atoms with Gasteiger partial charge in [-0.1, -0.05) is 23.8 Å². The molecule has 7 heteroatoms. The van der Waals surface area contributed by atoms with E-state index in [1.165, 1.54) is 10.4 Å². The molecule has 0 spiro atoms. The molecule has 0 radical (unpaired) electrons. The summed E-state index contributed by atoms with van der Waals surface area (Å²) in [6.45, 7) is 3.41. The first-order valence-electron chi connectivity index (χ1n) is 8.58. The molecule has 26 heavy (non-hydrogen) atoms. The van der Waals surface area contributed by atoms with Crippen LogP contribution in [0.4, 0.5) is 14.5 Å². The monoisotopic (exact) mass is 378 g/mol. The number of fused-ring (bicyclic) bond motifs is 3. The van der Waals surface area contributed by atoms with Crippen LogP contribution in [0.15, 0.2) is 41.3 Å². The first kappa shape index (κ1) is 17.4. The maximum Gasteiger partial charge on any atom is 0.270 e. The maximum absolute atomic E-state index is 14.3. The predicted octanol–water partition coefficient (Wildman–Crippen LogP) is 3.27. The van der Waals surface area contributed by atoms with Crippen LogP contribution < -0.4 is 4.31 Å². The highest BCUT2D eigenvalue weighted by molar-refractivity contribution is 7.93. The molecule has 0 aromatic heterocycles. The molecule has 2 aromatic carbocycles. The molecule has 2 aromatic rings. The van der Waals surface area contributed by atoms with Crippen LogP contribution in [-0.2, 0) is 10.0 Å². The number of likely N-dealkylation sites (tertiary alicyclic amines) is 1. The van der Waals surface area contributed by atoms with Crippen molar-refractivity contribution in [3.63, 3.8) is 0 Å². The van der Waals surface area contributed by atoms with Crippen LogP contribution in [0.2, 0.25) is 0 Å². The fourth-order valence-corrected chi connectivity index (χ4v) is 6.03. The number of nitrogens with zero attached hydrogens (tertiary/aromatic N) is 2. The van der Waals surface area contributed by atoms with E-state index in [4.69, 9.17) is 0 Å². The fourth-order valence-electron chi connectivity index (χ4n) is 4.17. The lowest BCUT2D eigenvalue weighted by molar-refractivity contribution is 0.237. The summed E-state index contributed by atoms with van der Waals surface area (Å²) in [6.07, 6.45) is 0.615. The average Bonchev–Trinajstić information content (AvgIpc) is 2.88. The molecular formula is C19H20F2N2O2S. The third-order valence-corrected chi connectivity index (χ3v) is 7.23. The lowest BCUT2D eigenvalue weighted by Gasteiger charge is -2.36. The Bertz CT molecular complexity index is 957. The Kier molecular flexibility index (Phi) is 4.04. The minimum Gasteiger partial charge on any atom is -0.306 e. The molecule has 1 saturated heterocycles. The second-order valence-electron chi connectivity index (χ2n) is 7.14. The molecule has 4 rings (SSSR count). The number of likely N-dealkylation sites (N-methyl/N-ethyl adjacent to an activating group) is 1. The number of anilines is 1. The standard InChI is InChI=1S/C19H20F2N2O2S/c1-12-6-7-17-13(10-12)14-11-22(2)9-8-18(14)23(17)26(24,25)19-15(20)4-3-5-16(19)21/h3-7,10,14,18H,8-9,11H2,1-2H3/t14-,18-/m1/s1. The molecule has 2 aliphatic rings. The van der Waals surface area contributed by atoms with Gasteiger partial charge < -0.3 is 4.90 Å². The van der Waals surface area contributed by atoms with Crippen LogP contribution in [0.1, 0.15) is 23.5 Å². The van der Waals surface area contributed by atoms with Gasteiger partial charge in [0.1, 0.15) is 11.6 Å². The van der Waals surface area contributed by atoms with Gasteiger partial charge in [0, 0.05) is 12.5 Å². The maximum atomic E-state index is 14.3. The van der Waals surface area contributed by atoms with Crippen molar-refractivity contribution in [3.05, 3.63) is 59.2 Å². The molecular weight excluding hydrogens is 358 g/mol. The van der Waals surface area contributed by atoms with Crippen molar-refractivity contribution in [2.75, 3.05) is 24.4 Å². The Morgan fingerprint density at radius 3 is 2.50 bits per heavy atom. The molecule has 138 valence electrons. The molecule has 0 amide bonds. The summed E-state index contributed by atoms with van der Waals surface area (Å²) in [7, 11) is -2.35. The zero-order chi connectivity index (χ0) is 18.6. The number of halogens is 2. The molecule has 2 atom stereocenters. The third-order valence-electron chi connectivity index (χ3n) is 5.34. The fraction of sp³-hybridized carbons (Fsp3) is 0.368. The van der Waals surface area contributed by atoms with Gasteiger partial charge in [-0.05, 0) is 50.7 Å². The van der Waals surface area contributed by atoms with Gasteiger partial charge in [-0.25, -0.2) is 17.2 Å². The van der Waals surface area contributed by atoms with E-state index in [1.807, 2.05) is 26.1 Å². The van der Waals surface area contributed by atoms with Crippen molar-refractivity contribution in [3.8, 4) is 0 Å². The van der Waals surface area contributed by atoms with Crippen molar-refractivity contribution in [2.24, 2.45) is 0 Å². The van der Waals surface area contributed by atoms with Crippen molar-refractivity contribution in [1.29, 1.82) is 0 Å². The molecule has 0 bridgehead atoms. The van der Waals surface area contributed by atoms with Crippen LogP contribution in [0, 0.1) is 18.6 Å². The van der Waals surface area contributed by atoms with Gasteiger partial charge in [-0.2, -0.15) is 0 Å². The summed E-state index contributed by atoms with van der Waals surface area (Å²) >= 11 is 0. The zero-order valence-electron chi connectivity index (χ0n) is 14.6. The molecule has 2 aliphatic heterocycles. The number of hydrogen-bond acceptors (Lipinski definition) is 3. The van der Waals surface area contributed by atoms with Crippen molar-refractivity contribution in [2.45, 2.75) is 30.2 Å². The van der Waals surface area contributed by atoms with E-state index in [1.54, 1.807) is 6.07 Å². The van der Waals surface area contributed by atoms with Gasteiger partial charge in [-0.15, -0.1) is 0 Å². The second-order valence-corrected chi connectivity index (χ2v) is 8.89. The van der Waals surface area contributed by atoms with E-state index in [-0.39, 0.29) is 12.0 Å². The van der Waals surface area contributed by atoms with E-state index in [9.17, 15) is 17.2 Å². The summed E-state index contributed by atoms with van der Waals surface area (Å²) in [5, 5.41) is 0. The average molecular weight is 378 g/mol. The van der Waals surface area contributed by atoms with Crippen LogP contribution in [0.3, 0.4) is 0 Å². The molecule has 1 fully saturated rings. The number of benzene rings is 2. The van der Waals surface area contributed by atoms with Gasteiger partial charge in [0.05, 0.1) is 11.7 Å². The number of sulfonamides is 1. The normalized spacial score (nSPS) is 23.0. The van der Waals surface area contributed by atoms with Gasteiger partial charge in [0.2, 0.25) is 0 Å². The Balaban J connectivity index is 1.91. The molecule has 4 nitrogen and oxygen atoms in total. The van der Waals surface area contributed by atoms with E-state index in [2.05, 4.69) is 4.90 Å². The van der Waals surface area contributed by atoms with E-state index in [0.717, 1.165) is 29.8 Å². The SMILES string of the molecule is Cc1ccc2c(c1)[C@H]1CN(C)CC[C@H]1N2S(=O)(=O)c1c(F)cccc1F. The highest BCUT2D eigenvalue weighted by Gasteiger charge is 2.47. The van der Waals surface area contributed by atoms with Crippen LogP contribution in [0.25, 0.3) is 0 Å². The number of piperidine rings is 1. The summed E-state index contributed by atoms with van der Waals surface area (Å²) in [4.78, 5) is 1.29. The second kappa shape index (κ2) is 6.03.